The summed E-state index contributed by atoms with van der Waals surface area (Å²) in [5.41, 5.74) is 1.50. The predicted molar refractivity (Wildman–Crippen MR) is 67.9 cm³/mol. The number of rotatable bonds is 2. The van der Waals surface area contributed by atoms with Crippen molar-refractivity contribution in [3.63, 3.8) is 0 Å². The second-order valence-electron chi connectivity index (χ2n) is 3.58. The van der Waals surface area contributed by atoms with Crippen LogP contribution in [-0.2, 0) is 17.1 Å². The first-order valence-electron chi connectivity index (χ1n) is 5.82. The normalized spacial score (nSPS) is 19.8. The van der Waals surface area contributed by atoms with Gasteiger partial charge in [-0.05, 0) is 6.54 Å². The summed E-state index contributed by atoms with van der Waals surface area (Å²) in [4.78, 5) is 0. The monoisotopic (exact) mass is 338 g/mol. The second kappa shape index (κ2) is 16.4. The Morgan fingerprint density at radius 1 is 1.10 bits per heavy atom. The molecule has 121 valence electrons. The van der Waals surface area contributed by atoms with E-state index in [2.05, 4.69) is 16.0 Å². The topological polar surface area (TPSA) is 145 Å². The van der Waals surface area contributed by atoms with Gasteiger partial charge in [0.1, 0.15) is 0 Å². The number of nitrogens with one attached hydrogen (secondary N) is 3. The zero-order chi connectivity index (χ0) is 14.3. The molecule has 0 aliphatic carbocycles. The maximum absolute atomic E-state index is 6.88. The van der Waals surface area contributed by atoms with Crippen LogP contribution < -0.4 is 16.6 Å². The Balaban J connectivity index is 0. The van der Waals surface area contributed by atoms with Crippen molar-refractivity contribution in [2.45, 2.75) is 25.4 Å². The molecule has 2 aliphatic rings. The minimum Gasteiger partial charge on any atom is -0.660 e. The molecular formula is C10H21CuN5O4. The summed E-state index contributed by atoms with van der Waals surface area (Å²) in [6, 6.07) is 0. The molecule has 1 unspecified atom stereocenters. The third-order valence-electron chi connectivity index (χ3n) is 2.31. The molecule has 1 radical (unpaired) electrons. The van der Waals surface area contributed by atoms with Crippen molar-refractivity contribution < 1.29 is 37.9 Å². The molecule has 0 saturated carbocycles. The van der Waals surface area contributed by atoms with Crippen LogP contribution in [0, 0.1) is 0 Å². The van der Waals surface area contributed by atoms with Gasteiger partial charge in [0, 0.05) is 0 Å². The summed E-state index contributed by atoms with van der Waals surface area (Å²) in [6.45, 7) is 1.80. The molecule has 9 nitrogen and oxygen atoms in total. The van der Waals surface area contributed by atoms with E-state index in [0.29, 0.717) is 6.17 Å². The van der Waals surface area contributed by atoms with Crippen LogP contribution in [0.3, 0.4) is 0 Å². The van der Waals surface area contributed by atoms with E-state index in [0.717, 1.165) is 36.6 Å². The van der Waals surface area contributed by atoms with E-state index < -0.39 is 0 Å². The first kappa shape index (κ1) is 21.6. The summed E-state index contributed by atoms with van der Waals surface area (Å²) < 4.78 is 0. The van der Waals surface area contributed by atoms with Gasteiger partial charge < -0.3 is 16.0 Å². The molecule has 1 saturated heterocycles. The van der Waals surface area contributed by atoms with E-state index in [1.807, 2.05) is 18.2 Å². The summed E-state index contributed by atoms with van der Waals surface area (Å²) in [6.07, 6.45) is 10.1. The van der Waals surface area contributed by atoms with Crippen molar-refractivity contribution in [1.82, 2.24) is 16.6 Å². The molecule has 2 heterocycles. The first-order chi connectivity index (χ1) is 9.28. The molecule has 20 heavy (non-hydrogen) atoms. The molecule has 1 atom stereocenters. The van der Waals surface area contributed by atoms with Crippen LogP contribution in [0.5, 0.6) is 0 Å². The van der Waals surface area contributed by atoms with Gasteiger partial charge in [-0.15, -0.1) is 12.7 Å². The Kier molecular flexibility index (Phi) is 17.7. The molecule has 0 aromatic heterocycles. The quantitative estimate of drug-likeness (QED) is 0.293. The Hall–Kier alpha value is -0.681. The molecule has 7 N–H and O–H groups in total. The van der Waals surface area contributed by atoms with E-state index in [4.69, 9.17) is 20.8 Å². The molecule has 0 spiro atoms. The molecule has 0 aromatic rings. The zero-order valence-electron chi connectivity index (χ0n) is 10.8. The Morgan fingerprint density at radius 2 is 1.75 bits per heavy atom. The number of hydrogen-bond donors (Lipinski definition) is 7. The molecule has 0 aromatic carbocycles. The largest absolute Gasteiger partial charge is 2.00 e. The molecule has 0 amide bonds. The Morgan fingerprint density at radius 3 is 2.20 bits per heavy atom. The van der Waals surface area contributed by atoms with Crippen LogP contribution >= 0.6 is 0 Å². The summed E-state index contributed by atoms with van der Waals surface area (Å²) in [5.74, 6) is 0.984. The summed E-state index contributed by atoms with van der Waals surface area (Å²) >= 11 is 0. The van der Waals surface area contributed by atoms with Crippen LogP contribution in [0.1, 0.15) is 19.3 Å². The Bertz CT molecular complexity index is 260. The molecule has 10 heteroatoms. The van der Waals surface area contributed by atoms with Crippen LogP contribution in [0.2, 0.25) is 0 Å². The van der Waals surface area contributed by atoms with E-state index in [1.54, 1.807) is 0 Å². The summed E-state index contributed by atoms with van der Waals surface area (Å²) in [7, 11) is 0. The maximum atomic E-state index is 6.88. The minimum absolute atomic E-state index is 0. The standard InChI is InChI=1S/C10H15N3.Cu.2H3NO2/c1-3-7-11-9(5-1)13-10-6-2-4-8-12-10;;2*2-1-3/h1,3,5,10,13H,2,4,6-8H2;;2*1-3H/q-2;+2;;. The molecule has 1 fully saturated rings. The van der Waals surface area contributed by atoms with Gasteiger partial charge in [0.15, 0.2) is 0 Å². The van der Waals surface area contributed by atoms with Crippen LogP contribution in [-0.4, -0.2) is 40.1 Å². The number of piperidine rings is 1. The predicted octanol–water partition coefficient (Wildman–Crippen LogP) is 0.951. The van der Waals surface area contributed by atoms with Crippen molar-refractivity contribution >= 4 is 0 Å². The smallest absolute Gasteiger partial charge is 0.660 e. The fraction of sp³-hybridized carbons (Fsp3) is 0.600. The van der Waals surface area contributed by atoms with E-state index in [-0.39, 0.29) is 17.1 Å². The van der Waals surface area contributed by atoms with Crippen molar-refractivity contribution in [2.24, 2.45) is 0 Å². The van der Waals surface area contributed by atoms with E-state index in [9.17, 15) is 0 Å². The summed E-state index contributed by atoms with van der Waals surface area (Å²) in [5, 5.41) is 39.6. The van der Waals surface area contributed by atoms with Gasteiger partial charge in [-0.25, -0.2) is 0 Å². The molecule has 0 bridgehead atoms. The van der Waals surface area contributed by atoms with Crippen molar-refractivity contribution in [3.8, 4) is 0 Å². The van der Waals surface area contributed by atoms with Gasteiger partial charge in [0.25, 0.3) is 0 Å². The average Bonchev–Trinajstić information content (AvgIpc) is 2.43. The average molecular weight is 339 g/mol. The van der Waals surface area contributed by atoms with Gasteiger partial charge in [-0.1, -0.05) is 54.6 Å². The van der Waals surface area contributed by atoms with E-state index in [1.165, 1.54) is 12.8 Å². The van der Waals surface area contributed by atoms with Gasteiger partial charge in [-0.2, -0.15) is 0 Å². The second-order valence-corrected chi connectivity index (χ2v) is 3.58. The van der Waals surface area contributed by atoms with Crippen LogP contribution in [0.15, 0.2) is 24.0 Å². The third kappa shape index (κ3) is 12.4. The van der Waals surface area contributed by atoms with Crippen molar-refractivity contribution in [2.75, 3.05) is 13.1 Å². The fourth-order valence-electron chi connectivity index (χ4n) is 1.59. The molecular weight excluding hydrogens is 318 g/mol. The van der Waals surface area contributed by atoms with E-state index >= 15 is 0 Å². The number of allylic oxidation sites excluding steroid dienone is 2. The molecule has 2 aliphatic heterocycles. The van der Waals surface area contributed by atoms with Gasteiger partial charge in [0.2, 0.25) is 0 Å². The number of hydrogen-bond acceptors (Lipinski definition) is 7. The van der Waals surface area contributed by atoms with Crippen LogP contribution in [0.4, 0.5) is 0 Å². The SMILES string of the molecule is C1=CC[N-]C(NC2CCCC[N-]2)=C1.ONO.ONO.[Cu+2]. The van der Waals surface area contributed by atoms with Crippen molar-refractivity contribution in [1.29, 1.82) is 0 Å². The fourth-order valence-corrected chi connectivity index (χ4v) is 1.59. The van der Waals surface area contributed by atoms with Gasteiger partial charge >= 0.3 is 17.1 Å². The third-order valence-corrected chi connectivity index (χ3v) is 2.31. The number of nitrogens with zero attached hydrogens (tertiary/aromatic N) is 2. The zero-order valence-corrected chi connectivity index (χ0v) is 11.8. The Labute approximate surface area is 128 Å². The molecule has 2 rings (SSSR count). The van der Waals surface area contributed by atoms with Gasteiger partial charge in [0.05, 0.1) is 0 Å². The first-order valence-corrected chi connectivity index (χ1v) is 5.82. The van der Waals surface area contributed by atoms with Crippen LogP contribution in [0.25, 0.3) is 10.6 Å². The van der Waals surface area contributed by atoms with Gasteiger partial charge in [-0.3, -0.25) is 20.8 Å². The van der Waals surface area contributed by atoms with Crippen molar-refractivity contribution in [3.05, 3.63) is 34.7 Å². The minimum atomic E-state index is 0. The maximum Gasteiger partial charge on any atom is 2.00 e.